The van der Waals surface area contributed by atoms with Gasteiger partial charge in [-0.15, -0.1) is 0 Å². The summed E-state index contributed by atoms with van der Waals surface area (Å²) in [6.45, 7) is 7.99. The van der Waals surface area contributed by atoms with E-state index in [1.165, 1.54) is 44.9 Å². The van der Waals surface area contributed by atoms with Crippen LogP contribution in [0.3, 0.4) is 0 Å². The van der Waals surface area contributed by atoms with Crippen LogP contribution in [0.2, 0.25) is 0 Å². The van der Waals surface area contributed by atoms with Crippen LogP contribution in [-0.2, 0) is 10.8 Å². The largest absolute Gasteiger partial charge is 0.259 e. The van der Waals surface area contributed by atoms with E-state index in [0.29, 0.717) is 5.75 Å². The minimum Gasteiger partial charge on any atom is -0.259 e. The third-order valence-corrected chi connectivity index (χ3v) is 4.19. The third-order valence-electron chi connectivity index (χ3n) is 2.63. The summed E-state index contributed by atoms with van der Waals surface area (Å²) in [5, 5.41) is 0. The predicted molar refractivity (Wildman–Crippen MR) is 75.3 cm³/mol. The molecule has 0 heterocycles. The first-order valence-corrected chi connectivity index (χ1v) is 8.15. The summed E-state index contributed by atoms with van der Waals surface area (Å²) in [7, 11) is -0.660. The lowest BCUT2D eigenvalue weighted by atomic mass is 10.1. The zero-order valence-corrected chi connectivity index (χ0v) is 11.9. The van der Waals surface area contributed by atoms with E-state index in [-0.39, 0.29) is 0 Å². The fraction of sp³-hybridized carbons (Fsp3) is 0.857. The molecule has 0 radical (unpaired) electrons. The van der Waals surface area contributed by atoms with E-state index in [4.69, 9.17) is 0 Å². The Balaban J connectivity index is 3.14. The van der Waals surface area contributed by atoms with Gasteiger partial charge in [-0.2, -0.15) is 0 Å². The van der Waals surface area contributed by atoms with Gasteiger partial charge in [0.1, 0.15) is 0 Å². The molecule has 0 aromatic carbocycles. The molecule has 1 unspecified atom stereocenters. The van der Waals surface area contributed by atoms with E-state index in [1.807, 2.05) is 6.92 Å². The monoisotopic (exact) mass is 244 g/mol. The second-order valence-electron chi connectivity index (χ2n) is 4.72. The Morgan fingerprint density at radius 3 is 2.00 bits per heavy atom. The Labute approximate surface area is 104 Å². The van der Waals surface area contributed by atoms with Crippen molar-refractivity contribution in [1.82, 2.24) is 0 Å². The highest BCUT2D eigenvalue weighted by atomic mass is 32.2. The lowest BCUT2D eigenvalue weighted by Crippen LogP contribution is -2.03. The zero-order chi connectivity index (χ0) is 12.2. The molecule has 0 spiro atoms. The first-order valence-electron chi connectivity index (χ1n) is 6.66. The Morgan fingerprint density at radius 2 is 1.50 bits per heavy atom. The highest BCUT2D eigenvalue weighted by molar-refractivity contribution is 7.85. The van der Waals surface area contributed by atoms with Crippen LogP contribution in [0.25, 0.3) is 0 Å². The molecule has 0 N–H and O–H groups in total. The summed E-state index contributed by atoms with van der Waals surface area (Å²) in [5.74, 6) is 1.55. The predicted octanol–water partition coefficient (Wildman–Crippen LogP) is 4.45. The van der Waals surface area contributed by atoms with E-state index >= 15 is 0 Å². The maximum Gasteiger partial charge on any atom is 0.0439 e. The number of hydrogen-bond donors (Lipinski definition) is 0. The van der Waals surface area contributed by atoms with Crippen molar-refractivity contribution < 1.29 is 4.21 Å². The second-order valence-corrected chi connectivity index (χ2v) is 6.30. The molecule has 0 saturated heterocycles. The summed E-state index contributed by atoms with van der Waals surface area (Å²) < 4.78 is 11.5. The van der Waals surface area contributed by atoms with Gasteiger partial charge in [0, 0.05) is 22.3 Å². The SMILES string of the molecule is C=C(C)CS(=O)CCCCCCCCCC. The zero-order valence-electron chi connectivity index (χ0n) is 11.1. The van der Waals surface area contributed by atoms with Crippen LogP contribution in [0.4, 0.5) is 0 Å². The van der Waals surface area contributed by atoms with Gasteiger partial charge >= 0.3 is 0 Å². The Bertz CT molecular complexity index is 199. The molecule has 16 heavy (non-hydrogen) atoms. The lowest BCUT2D eigenvalue weighted by Gasteiger charge is -2.02. The summed E-state index contributed by atoms with van der Waals surface area (Å²) in [6.07, 6.45) is 10.5. The highest BCUT2D eigenvalue weighted by Crippen LogP contribution is 2.09. The maximum absolute atomic E-state index is 11.5. The summed E-state index contributed by atoms with van der Waals surface area (Å²) in [4.78, 5) is 0. The molecule has 0 aromatic rings. The van der Waals surface area contributed by atoms with Crippen LogP contribution in [-0.4, -0.2) is 15.7 Å². The van der Waals surface area contributed by atoms with E-state index in [1.54, 1.807) is 0 Å². The molecule has 1 atom stereocenters. The van der Waals surface area contributed by atoms with E-state index in [0.717, 1.165) is 17.7 Å². The average Bonchev–Trinajstić information content (AvgIpc) is 2.21. The molecule has 2 heteroatoms. The quantitative estimate of drug-likeness (QED) is 0.387. The van der Waals surface area contributed by atoms with Gasteiger partial charge in [0.15, 0.2) is 0 Å². The summed E-state index contributed by atoms with van der Waals surface area (Å²) in [5.41, 5.74) is 1.04. The first kappa shape index (κ1) is 15.9. The fourth-order valence-electron chi connectivity index (χ4n) is 1.74. The van der Waals surface area contributed by atoms with Gasteiger partial charge < -0.3 is 0 Å². The van der Waals surface area contributed by atoms with Crippen LogP contribution in [0, 0.1) is 0 Å². The molecule has 0 aliphatic carbocycles. The van der Waals surface area contributed by atoms with Crippen molar-refractivity contribution >= 4 is 10.8 Å². The second kappa shape index (κ2) is 11.4. The standard InChI is InChI=1S/C14H28OS/c1-4-5-6-7-8-9-10-11-12-16(15)13-14(2)3/h2,4-13H2,1,3H3. The number of rotatable bonds is 11. The molecule has 0 aliphatic rings. The van der Waals surface area contributed by atoms with Crippen molar-refractivity contribution in [2.24, 2.45) is 0 Å². The van der Waals surface area contributed by atoms with Crippen molar-refractivity contribution in [3.8, 4) is 0 Å². The maximum atomic E-state index is 11.5. The Morgan fingerprint density at radius 1 is 1.00 bits per heavy atom. The molecule has 0 aliphatic heterocycles. The van der Waals surface area contributed by atoms with E-state index in [2.05, 4.69) is 13.5 Å². The number of unbranched alkanes of at least 4 members (excludes halogenated alkanes) is 7. The topological polar surface area (TPSA) is 17.1 Å². The minimum absolute atomic E-state index is 0.660. The lowest BCUT2D eigenvalue weighted by molar-refractivity contribution is 0.585. The fourth-order valence-corrected chi connectivity index (χ4v) is 2.96. The van der Waals surface area contributed by atoms with Gasteiger partial charge in [0.25, 0.3) is 0 Å². The smallest absolute Gasteiger partial charge is 0.0439 e. The highest BCUT2D eigenvalue weighted by Gasteiger charge is 1.99. The van der Waals surface area contributed by atoms with E-state index < -0.39 is 10.8 Å². The molecular weight excluding hydrogens is 216 g/mol. The van der Waals surface area contributed by atoms with Crippen molar-refractivity contribution in [3.63, 3.8) is 0 Å². The van der Waals surface area contributed by atoms with Gasteiger partial charge in [-0.3, -0.25) is 4.21 Å². The van der Waals surface area contributed by atoms with Gasteiger partial charge in [0.2, 0.25) is 0 Å². The van der Waals surface area contributed by atoms with Crippen molar-refractivity contribution in [2.45, 2.75) is 65.2 Å². The van der Waals surface area contributed by atoms with Crippen LogP contribution >= 0.6 is 0 Å². The molecule has 0 fully saturated rings. The number of hydrogen-bond acceptors (Lipinski definition) is 1. The molecule has 96 valence electrons. The van der Waals surface area contributed by atoms with Gasteiger partial charge in [-0.1, -0.05) is 64.0 Å². The van der Waals surface area contributed by atoms with Crippen LogP contribution < -0.4 is 0 Å². The van der Waals surface area contributed by atoms with Crippen molar-refractivity contribution in [3.05, 3.63) is 12.2 Å². The van der Waals surface area contributed by atoms with Crippen LogP contribution in [0.15, 0.2) is 12.2 Å². The van der Waals surface area contributed by atoms with E-state index in [9.17, 15) is 4.21 Å². The third kappa shape index (κ3) is 12.0. The van der Waals surface area contributed by atoms with Gasteiger partial charge in [-0.25, -0.2) is 0 Å². The van der Waals surface area contributed by atoms with Gasteiger partial charge in [0.05, 0.1) is 0 Å². The Kier molecular flexibility index (Phi) is 11.3. The molecule has 1 nitrogen and oxygen atoms in total. The minimum atomic E-state index is -0.660. The Hall–Kier alpha value is -0.110. The van der Waals surface area contributed by atoms with Gasteiger partial charge in [-0.05, 0) is 13.3 Å². The van der Waals surface area contributed by atoms with Crippen molar-refractivity contribution in [2.75, 3.05) is 11.5 Å². The molecule has 0 aromatic heterocycles. The average molecular weight is 244 g/mol. The normalized spacial score (nSPS) is 12.6. The molecule has 0 amide bonds. The molecular formula is C14H28OS. The van der Waals surface area contributed by atoms with Crippen LogP contribution in [0.1, 0.15) is 65.2 Å². The summed E-state index contributed by atoms with van der Waals surface area (Å²) in [6, 6.07) is 0. The van der Waals surface area contributed by atoms with Crippen molar-refractivity contribution in [1.29, 1.82) is 0 Å². The summed E-state index contributed by atoms with van der Waals surface area (Å²) >= 11 is 0. The molecule has 0 bridgehead atoms. The first-order chi connectivity index (χ1) is 7.66. The molecule has 0 rings (SSSR count). The molecule has 0 saturated carbocycles. The van der Waals surface area contributed by atoms with Crippen LogP contribution in [0.5, 0.6) is 0 Å².